The lowest BCUT2D eigenvalue weighted by atomic mass is 9.91. The first kappa shape index (κ1) is 64.0. The molecule has 0 radical (unpaired) electrons. The standard InChI is InChI=1S/C64H92N6O8/c1-8-10-12-14-16-18-20-22-44-77-57(71)48-53-26-24-49(25-27-53)46-50-28-34-54(35-29-50)67-60(74)63(3,4)58(72)65-40-42-70(7)43-41-66-59(73)64(5,6)61(75)68-55-36-30-51(31-37-55)47-52-32-38-56(39-33-52)69-62(76)78-45-23-21-19-17-15-13-11-9-2/h24-39H,8-23,40-48H2,1-7H3,(H,65,72)(H,66,73)(H,67,74)(H,68,75)(H,69,76). The Bertz CT molecular complexity index is 2250. The van der Waals surface area contributed by atoms with Crippen LogP contribution in [0.15, 0.2) is 97.1 Å². The molecule has 0 aliphatic heterocycles. The van der Waals surface area contributed by atoms with Crippen molar-refractivity contribution in [2.45, 2.75) is 164 Å². The van der Waals surface area contributed by atoms with Gasteiger partial charge in [0.25, 0.3) is 0 Å². The van der Waals surface area contributed by atoms with Crippen LogP contribution in [0.3, 0.4) is 0 Å². The van der Waals surface area contributed by atoms with Gasteiger partial charge in [-0.3, -0.25) is 29.3 Å². The maximum atomic E-state index is 13.3. The van der Waals surface area contributed by atoms with Crippen molar-refractivity contribution >= 4 is 52.8 Å². The average Bonchev–Trinajstić information content (AvgIpc) is 3.42. The molecule has 0 heterocycles. The van der Waals surface area contributed by atoms with Crippen molar-refractivity contribution in [1.82, 2.24) is 15.5 Å². The van der Waals surface area contributed by atoms with Crippen molar-refractivity contribution in [1.29, 1.82) is 0 Å². The van der Waals surface area contributed by atoms with Gasteiger partial charge in [-0.15, -0.1) is 0 Å². The van der Waals surface area contributed by atoms with Gasteiger partial charge in [-0.05, 0) is 125 Å². The molecule has 0 spiro atoms. The zero-order chi connectivity index (χ0) is 56.6. The molecule has 0 aliphatic rings. The molecular weight excluding hydrogens is 981 g/mol. The van der Waals surface area contributed by atoms with Crippen molar-refractivity contribution in [2.75, 3.05) is 62.4 Å². The first-order valence-corrected chi connectivity index (χ1v) is 28.8. The Kier molecular flexibility index (Phi) is 28.8. The molecule has 0 fully saturated rings. The Morgan fingerprint density at radius 2 is 0.731 bits per heavy atom. The Morgan fingerprint density at radius 3 is 1.12 bits per heavy atom. The van der Waals surface area contributed by atoms with Gasteiger partial charge in [-0.25, -0.2) is 4.79 Å². The lowest BCUT2D eigenvalue weighted by Gasteiger charge is -2.25. The lowest BCUT2D eigenvalue weighted by molar-refractivity contribution is -0.143. The van der Waals surface area contributed by atoms with Crippen LogP contribution in [0.2, 0.25) is 0 Å². The number of carbonyl (C=O) groups is 6. The topological polar surface area (TPSA) is 184 Å². The van der Waals surface area contributed by atoms with Crippen LogP contribution < -0.4 is 26.6 Å². The van der Waals surface area contributed by atoms with E-state index in [1.165, 1.54) is 77.0 Å². The normalized spacial score (nSPS) is 11.4. The number of nitrogens with zero attached hydrogens (tertiary/aromatic N) is 1. The molecule has 78 heavy (non-hydrogen) atoms. The van der Waals surface area contributed by atoms with Crippen molar-refractivity contribution in [3.8, 4) is 0 Å². The fourth-order valence-electron chi connectivity index (χ4n) is 8.61. The lowest BCUT2D eigenvalue weighted by Crippen LogP contribution is -2.48. The van der Waals surface area contributed by atoms with Crippen molar-refractivity contribution in [2.24, 2.45) is 10.8 Å². The van der Waals surface area contributed by atoms with Gasteiger partial charge in [-0.1, -0.05) is 164 Å². The van der Waals surface area contributed by atoms with E-state index in [2.05, 4.69) is 40.4 Å². The number of unbranched alkanes of at least 4 members (excludes halogenated alkanes) is 14. The minimum Gasteiger partial charge on any atom is -0.465 e. The number of benzene rings is 4. The maximum Gasteiger partial charge on any atom is 0.411 e. The Balaban J connectivity index is 1.07. The molecule has 0 bridgehead atoms. The summed E-state index contributed by atoms with van der Waals surface area (Å²) in [4.78, 5) is 79.6. The number of nitrogens with one attached hydrogen (secondary N) is 5. The Morgan fingerprint density at radius 1 is 0.410 bits per heavy atom. The molecule has 14 heteroatoms. The first-order chi connectivity index (χ1) is 37.5. The molecule has 5 amide bonds. The van der Waals surface area contributed by atoms with E-state index in [0.29, 0.717) is 56.2 Å². The molecule has 0 saturated heterocycles. The van der Waals surface area contributed by atoms with Gasteiger partial charge < -0.3 is 35.6 Å². The second-order valence-corrected chi connectivity index (χ2v) is 21.8. The van der Waals surface area contributed by atoms with Gasteiger partial charge in [0.1, 0.15) is 10.8 Å². The number of carbonyl (C=O) groups excluding carboxylic acids is 6. The summed E-state index contributed by atoms with van der Waals surface area (Å²) in [5, 5.41) is 14.3. The van der Waals surface area contributed by atoms with Crippen LogP contribution in [0, 0.1) is 10.8 Å². The highest BCUT2D eigenvalue weighted by Crippen LogP contribution is 2.23. The predicted molar refractivity (Wildman–Crippen MR) is 315 cm³/mol. The van der Waals surface area contributed by atoms with Gasteiger partial charge in [0.05, 0.1) is 19.6 Å². The third-order valence-corrected chi connectivity index (χ3v) is 14.1. The van der Waals surface area contributed by atoms with E-state index in [9.17, 15) is 28.8 Å². The molecule has 4 rings (SSSR count). The van der Waals surface area contributed by atoms with Crippen molar-refractivity contribution in [3.05, 3.63) is 125 Å². The number of amides is 5. The summed E-state index contributed by atoms with van der Waals surface area (Å²) < 4.78 is 10.8. The second kappa shape index (κ2) is 35.1. The summed E-state index contributed by atoms with van der Waals surface area (Å²) >= 11 is 0. The second-order valence-electron chi connectivity index (χ2n) is 21.8. The van der Waals surface area contributed by atoms with Gasteiger partial charge in [0.15, 0.2) is 0 Å². The number of likely N-dealkylation sites (N-methyl/N-ethyl adjacent to an activating group) is 1. The molecule has 4 aromatic rings. The van der Waals surface area contributed by atoms with E-state index < -0.39 is 40.6 Å². The zero-order valence-corrected chi connectivity index (χ0v) is 48.1. The number of hydrogen-bond donors (Lipinski definition) is 5. The van der Waals surface area contributed by atoms with E-state index >= 15 is 0 Å². The maximum absolute atomic E-state index is 13.3. The third-order valence-electron chi connectivity index (χ3n) is 14.1. The summed E-state index contributed by atoms with van der Waals surface area (Å²) in [6.45, 7) is 13.2. The van der Waals surface area contributed by atoms with Crippen molar-refractivity contribution in [3.63, 3.8) is 0 Å². The molecule has 5 N–H and O–H groups in total. The SMILES string of the molecule is CCCCCCCCCCOC(=O)Cc1ccc(Cc2ccc(NC(=O)C(C)(C)C(=O)NCCN(C)CCNC(=O)C(C)(C)C(=O)Nc3ccc(Cc4ccc(NC(=O)OCCCCCCCCCC)cc4)cc3)cc2)cc1. The van der Waals surface area contributed by atoms with E-state index in [-0.39, 0.29) is 25.5 Å². The monoisotopic (exact) mass is 1070 g/mol. The van der Waals surface area contributed by atoms with Crippen LogP contribution in [0.25, 0.3) is 0 Å². The predicted octanol–water partition coefficient (Wildman–Crippen LogP) is 12.6. The van der Waals surface area contributed by atoms with Crippen LogP contribution in [-0.2, 0) is 52.7 Å². The molecule has 0 saturated carbocycles. The summed E-state index contributed by atoms with van der Waals surface area (Å²) in [7, 11) is 1.86. The summed E-state index contributed by atoms with van der Waals surface area (Å²) in [5.41, 5.74) is 4.26. The van der Waals surface area contributed by atoms with Crippen molar-refractivity contribution < 1.29 is 38.2 Å². The highest BCUT2D eigenvalue weighted by Gasteiger charge is 2.37. The molecule has 14 nitrogen and oxygen atoms in total. The summed E-state index contributed by atoms with van der Waals surface area (Å²) in [5.74, 6) is -1.90. The van der Waals surface area contributed by atoms with Crippen LogP contribution in [0.4, 0.5) is 21.9 Å². The minimum absolute atomic E-state index is 0.200. The van der Waals surface area contributed by atoms with E-state index in [1.807, 2.05) is 109 Å². The summed E-state index contributed by atoms with van der Waals surface area (Å²) in [6.07, 6.45) is 20.2. The van der Waals surface area contributed by atoms with Crippen LogP contribution in [0.5, 0.6) is 0 Å². The number of hydrogen-bond acceptors (Lipinski definition) is 9. The van der Waals surface area contributed by atoms with Crippen LogP contribution >= 0.6 is 0 Å². The Hall–Kier alpha value is -6.54. The summed E-state index contributed by atoms with van der Waals surface area (Å²) in [6, 6.07) is 30.6. The Labute approximate surface area is 466 Å². The molecule has 0 aromatic heterocycles. The molecule has 0 atom stereocenters. The van der Waals surface area contributed by atoms with E-state index in [0.717, 1.165) is 53.5 Å². The largest absolute Gasteiger partial charge is 0.465 e. The highest BCUT2D eigenvalue weighted by atomic mass is 16.5. The van der Waals surface area contributed by atoms with Gasteiger partial charge in [-0.2, -0.15) is 0 Å². The third kappa shape index (κ3) is 24.4. The van der Waals surface area contributed by atoms with Crippen LogP contribution in [0.1, 0.15) is 172 Å². The molecule has 426 valence electrons. The van der Waals surface area contributed by atoms with Crippen LogP contribution in [-0.4, -0.2) is 87.0 Å². The fraction of sp³-hybridized carbons (Fsp3) is 0.531. The zero-order valence-electron chi connectivity index (χ0n) is 48.1. The quantitative estimate of drug-likeness (QED) is 0.0167. The van der Waals surface area contributed by atoms with Gasteiger partial charge in [0.2, 0.25) is 23.6 Å². The van der Waals surface area contributed by atoms with E-state index in [1.54, 1.807) is 27.7 Å². The van der Waals surface area contributed by atoms with E-state index in [4.69, 9.17) is 9.47 Å². The minimum atomic E-state index is -1.35. The number of ether oxygens (including phenoxy) is 2. The number of esters is 1. The number of anilines is 3. The molecule has 0 aliphatic carbocycles. The highest BCUT2D eigenvalue weighted by molar-refractivity contribution is 6.10. The number of rotatable bonds is 37. The molecule has 0 unspecified atom stereocenters. The first-order valence-electron chi connectivity index (χ1n) is 28.8. The smallest absolute Gasteiger partial charge is 0.411 e. The fourth-order valence-corrected chi connectivity index (χ4v) is 8.61. The molecule has 4 aromatic carbocycles. The molecular formula is C64H92N6O8. The van der Waals surface area contributed by atoms with Gasteiger partial charge in [0, 0.05) is 43.2 Å². The average molecular weight is 1070 g/mol. The van der Waals surface area contributed by atoms with Gasteiger partial charge >= 0.3 is 12.1 Å².